The first kappa shape index (κ1) is 19.0. The Morgan fingerprint density at radius 2 is 2.08 bits per heavy atom. The molecule has 6 nitrogen and oxygen atoms in total. The SMILES string of the molecule is Cl.Cl.O=C(C1CCNC1)N1CCCC(c2nnc3ccccn23)C1. The minimum absolute atomic E-state index is 0. The zero-order chi connectivity index (χ0) is 14.9. The second kappa shape index (κ2) is 8.14. The van der Waals surface area contributed by atoms with Gasteiger partial charge in [0.05, 0.1) is 5.92 Å². The maximum Gasteiger partial charge on any atom is 0.227 e. The van der Waals surface area contributed by atoms with Gasteiger partial charge >= 0.3 is 0 Å². The zero-order valence-corrected chi connectivity index (χ0v) is 15.1. The van der Waals surface area contributed by atoms with Crippen LogP contribution in [0.2, 0.25) is 0 Å². The molecule has 0 aliphatic carbocycles. The fourth-order valence-corrected chi connectivity index (χ4v) is 3.65. The van der Waals surface area contributed by atoms with Crippen LogP contribution in [0.3, 0.4) is 0 Å². The summed E-state index contributed by atoms with van der Waals surface area (Å²) in [4.78, 5) is 14.7. The van der Waals surface area contributed by atoms with Crippen molar-refractivity contribution < 1.29 is 4.79 Å². The summed E-state index contributed by atoms with van der Waals surface area (Å²) < 4.78 is 2.05. The molecule has 2 aliphatic heterocycles. The van der Waals surface area contributed by atoms with E-state index in [9.17, 15) is 4.79 Å². The molecule has 0 radical (unpaired) electrons. The van der Waals surface area contributed by atoms with Crippen molar-refractivity contribution in [3.8, 4) is 0 Å². The molecule has 1 amide bonds. The number of aromatic nitrogens is 3. The zero-order valence-electron chi connectivity index (χ0n) is 13.4. The van der Waals surface area contributed by atoms with Gasteiger partial charge in [0.25, 0.3) is 0 Å². The van der Waals surface area contributed by atoms with Crippen LogP contribution in [0, 0.1) is 5.92 Å². The third-order valence-electron chi connectivity index (χ3n) is 4.85. The summed E-state index contributed by atoms with van der Waals surface area (Å²) in [5, 5.41) is 11.9. The van der Waals surface area contributed by atoms with E-state index in [-0.39, 0.29) is 36.6 Å². The van der Waals surface area contributed by atoms with Gasteiger partial charge < -0.3 is 10.2 Å². The van der Waals surface area contributed by atoms with Crippen molar-refractivity contribution >= 4 is 36.4 Å². The molecule has 2 fully saturated rings. The van der Waals surface area contributed by atoms with Crippen LogP contribution in [0.4, 0.5) is 0 Å². The molecule has 0 aromatic carbocycles. The number of likely N-dealkylation sites (tertiary alicyclic amines) is 1. The van der Waals surface area contributed by atoms with Gasteiger partial charge in [0.15, 0.2) is 5.65 Å². The molecule has 4 heterocycles. The molecular weight excluding hydrogens is 349 g/mol. The number of carbonyl (C=O) groups excluding carboxylic acids is 1. The quantitative estimate of drug-likeness (QED) is 0.875. The summed E-state index contributed by atoms with van der Waals surface area (Å²) in [6.07, 6.45) is 5.08. The summed E-state index contributed by atoms with van der Waals surface area (Å²) in [6, 6.07) is 5.93. The van der Waals surface area contributed by atoms with Crippen LogP contribution >= 0.6 is 24.8 Å². The molecule has 2 aromatic rings. The lowest BCUT2D eigenvalue weighted by atomic mass is 9.95. The summed E-state index contributed by atoms with van der Waals surface area (Å²) in [7, 11) is 0. The molecule has 2 unspecified atom stereocenters. The fourth-order valence-electron chi connectivity index (χ4n) is 3.65. The van der Waals surface area contributed by atoms with Gasteiger partial charge in [-0.3, -0.25) is 9.20 Å². The number of hydrogen-bond donors (Lipinski definition) is 1. The van der Waals surface area contributed by atoms with Gasteiger partial charge in [-0.15, -0.1) is 35.0 Å². The average molecular weight is 372 g/mol. The summed E-state index contributed by atoms with van der Waals surface area (Å²) in [6.45, 7) is 3.43. The second-order valence-electron chi connectivity index (χ2n) is 6.30. The smallest absolute Gasteiger partial charge is 0.227 e. The number of nitrogens with zero attached hydrogens (tertiary/aromatic N) is 4. The Bertz CT molecular complexity index is 686. The van der Waals surface area contributed by atoms with Gasteiger partial charge in [-0.2, -0.15) is 0 Å². The van der Waals surface area contributed by atoms with Crippen molar-refractivity contribution in [2.24, 2.45) is 5.92 Å². The fraction of sp³-hybridized carbons (Fsp3) is 0.562. The first-order valence-electron chi connectivity index (χ1n) is 8.12. The highest BCUT2D eigenvalue weighted by atomic mass is 35.5. The first-order valence-corrected chi connectivity index (χ1v) is 8.12. The minimum atomic E-state index is 0. The van der Waals surface area contributed by atoms with Crippen molar-refractivity contribution in [3.05, 3.63) is 30.2 Å². The minimum Gasteiger partial charge on any atom is -0.342 e. The highest BCUT2D eigenvalue weighted by Crippen LogP contribution is 2.27. The van der Waals surface area contributed by atoms with Gasteiger partial charge in [0, 0.05) is 31.7 Å². The Morgan fingerprint density at radius 3 is 2.88 bits per heavy atom. The molecule has 132 valence electrons. The Hall–Kier alpha value is -1.37. The Kier molecular flexibility index (Phi) is 6.43. The lowest BCUT2D eigenvalue weighted by Crippen LogP contribution is -2.43. The normalized spacial score (nSPS) is 23.6. The van der Waals surface area contributed by atoms with Crippen LogP contribution in [-0.2, 0) is 4.79 Å². The van der Waals surface area contributed by atoms with E-state index in [0.717, 1.165) is 56.9 Å². The van der Waals surface area contributed by atoms with Crippen molar-refractivity contribution in [1.29, 1.82) is 0 Å². The number of nitrogens with one attached hydrogen (secondary N) is 1. The van der Waals surface area contributed by atoms with Gasteiger partial charge in [-0.05, 0) is 37.9 Å². The third-order valence-corrected chi connectivity index (χ3v) is 4.85. The number of rotatable bonds is 2. The number of piperidine rings is 1. The molecule has 2 saturated heterocycles. The van der Waals surface area contributed by atoms with Crippen LogP contribution in [0.15, 0.2) is 24.4 Å². The topological polar surface area (TPSA) is 62.5 Å². The maximum atomic E-state index is 12.6. The summed E-state index contributed by atoms with van der Waals surface area (Å²) >= 11 is 0. The van der Waals surface area contributed by atoms with E-state index in [0.29, 0.717) is 5.91 Å². The monoisotopic (exact) mass is 371 g/mol. The molecule has 2 aromatic heterocycles. The maximum absolute atomic E-state index is 12.6. The van der Waals surface area contributed by atoms with Gasteiger partial charge in [0.1, 0.15) is 5.82 Å². The predicted molar refractivity (Wildman–Crippen MR) is 97.0 cm³/mol. The average Bonchev–Trinajstić information content (AvgIpc) is 3.24. The second-order valence-corrected chi connectivity index (χ2v) is 6.30. The Balaban J connectivity index is 0.00000104. The highest BCUT2D eigenvalue weighted by molar-refractivity contribution is 5.85. The van der Waals surface area contributed by atoms with Crippen molar-refractivity contribution in [2.45, 2.75) is 25.2 Å². The molecule has 4 rings (SSSR count). The summed E-state index contributed by atoms with van der Waals surface area (Å²) in [5.41, 5.74) is 0.876. The molecule has 2 aliphatic rings. The lowest BCUT2D eigenvalue weighted by Gasteiger charge is -2.33. The van der Waals surface area contributed by atoms with Gasteiger partial charge in [0.2, 0.25) is 5.91 Å². The predicted octanol–water partition coefficient (Wildman–Crippen LogP) is 1.89. The molecule has 24 heavy (non-hydrogen) atoms. The van der Waals surface area contributed by atoms with E-state index < -0.39 is 0 Å². The van der Waals surface area contributed by atoms with E-state index in [2.05, 4.69) is 19.9 Å². The Morgan fingerprint density at radius 1 is 1.21 bits per heavy atom. The van der Waals surface area contributed by atoms with E-state index >= 15 is 0 Å². The number of amides is 1. The molecule has 0 saturated carbocycles. The van der Waals surface area contributed by atoms with Crippen LogP contribution < -0.4 is 5.32 Å². The Labute approximate surface area is 153 Å². The van der Waals surface area contributed by atoms with E-state index in [4.69, 9.17) is 0 Å². The number of carbonyl (C=O) groups is 1. The third kappa shape index (κ3) is 3.50. The number of fused-ring (bicyclic) bond motifs is 1. The number of halogens is 2. The molecule has 0 spiro atoms. The van der Waals surface area contributed by atoms with Crippen LogP contribution in [0.5, 0.6) is 0 Å². The molecule has 2 atom stereocenters. The molecule has 1 N–H and O–H groups in total. The van der Waals surface area contributed by atoms with Crippen LogP contribution in [-0.4, -0.2) is 51.6 Å². The van der Waals surface area contributed by atoms with E-state index in [1.807, 2.05) is 29.3 Å². The van der Waals surface area contributed by atoms with Crippen molar-refractivity contribution in [2.75, 3.05) is 26.2 Å². The van der Waals surface area contributed by atoms with E-state index in [1.54, 1.807) is 0 Å². The van der Waals surface area contributed by atoms with Crippen LogP contribution in [0.25, 0.3) is 5.65 Å². The first-order chi connectivity index (χ1) is 10.8. The molecule has 8 heteroatoms. The van der Waals surface area contributed by atoms with Crippen molar-refractivity contribution in [3.63, 3.8) is 0 Å². The number of pyridine rings is 1. The van der Waals surface area contributed by atoms with Gasteiger partial charge in [-0.25, -0.2) is 0 Å². The van der Waals surface area contributed by atoms with Crippen LogP contribution in [0.1, 0.15) is 31.0 Å². The summed E-state index contributed by atoms with van der Waals surface area (Å²) in [5.74, 6) is 1.74. The van der Waals surface area contributed by atoms with Crippen molar-refractivity contribution in [1.82, 2.24) is 24.8 Å². The van der Waals surface area contributed by atoms with Gasteiger partial charge in [-0.1, -0.05) is 6.07 Å². The highest BCUT2D eigenvalue weighted by Gasteiger charge is 2.32. The largest absolute Gasteiger partial charge is 0.342 e. The van der Waals surface area contributed by atoms with E-state index in [1.165, 1.54) is 0 Å². The lowest BCUT2D eigenvalue weighted by molar-refractivity contribution is -0.136. The standard InChI is InChI=1S/C16H21N5O.2ClH/c22-16(12-6-7-17-10-12)20-8-3-4-13(11-20)15-19-18-14-5-1-2-9-21(14)15;;/h1-2,5,9,12-13,17H,3-4,6-8,10-11H2;2*1H. The molecule has 0 bridgehead atoms. The number of hydrogen-bond acceptors (Lipinski definition) is 4. The molecular formula is C16H23Cl2N5O.